The van der Waals surface area contributed by atoms with Crippen LogP contribution in [0.3, 0.4) is 0 Å². The largest absolute Gasteiger partial charge is 0.294 e. The summed E-state index contributed by atoms with van der Waals surface area (Å²) < 4.78 is 0. The van der Waals surface area contributed by atoms with E-state index in [4.69, 9.17) is 0 Å². The van der Waals surface area contributed by atoms with Crippen LogP contribution < -0.4 is 0 Å². The van der Waals surface area contributed by atoms with Crippen LogP contribution in [0.1, 0.15) is 11.3 Å². The molecule has 2 heteroatoms. The number of hydrogen-bond donors (Lipinski definition) is 0. The monoisotopic (exact) mass is 193 g/mol. The lowest BCUT2D eigenvalue weighted by atomic mass is 9.96. The van der Waals surface area contributed by atoms with Crippen molar-refractivity contribution in [2.75, 3.05) is 0 Å². The SMILES string of the molecule is O=C1[C]c2c(ncc3ccccc23)C=C1. The van der Waals surface area contributed by atoms with Crippen molar-refractivity contribution in [3.05, 3.63) is 54.2 Å². The van der Waals surface area contributed by atoms with Crippen LogP contribution in [0.5, 0.6) is 0 Å². The maximum atomic E-state index is 11.2. The normalized spacial score (nSPS) is 14.3. The van der Waals surface area contributed by atoms with Crippen LogP contribution in [0.15, 0.2) is 36.5 Å². The highest BCUT2D eigenvalue weighted by atomic mass is 16.1. The first-order chi connectivity index (χ1) is 7.34. The fraction of sp³-hybridized carbons (Fsp3) is 0. The number of benzene rings is 1. The summed E-state index contributed by atoms with van der Waals surface area (Å²) in [4.78, 5) is 15.5. The van der Waals surface area contributed by atoms with Crippen molar-refractivity contribution in [1.82, 2.24) is 4.98 Å². The van der Waals surface area contributed by atoms with Crippen molar-refractivity contribution in [1.29, 1.82) is 0 Å². The van der Waals surface area contributed by atoms with E-state index in [1.54, 1.807) is 6.08 Å². The molecule has 70 valence electrons. The van der Waals surface area contributed by atoms with Gasteiger partial charge in [-0.2, -0.15) is 0 Å². The van der Waals surface area contributed by atoms with E-state index in [9.17, 15) is 4.79 Å². The third-order valence-electron chi connectivity index (χ3n) is 2.47. The first-order valence-corrected chi connectivity index (χ1v) is 4.71. The molecule has 3 rings (SSSR count). The fourth-order valence-corrected chi connectivity index (χ4v) is 1.76. The van der Waals surface area contributed by atoms with Crippen molar-refractivity contribution >= 4 is 22.6 Å². The number of aromatic nitrogens is 1. The Labute approximate surface area is 87.3 Å². The van der Waals surface area contributed by atoms with Crippen LogP contribution in [0.25, 0.3) is 16.8 Å². The van der Waals surface area contributed by atoms with Gasteiger partial charge in [-0.1, -0.05) is 24.3 Å². The van der Waals surface area contributed by atoms with Crippen molar-refractivity contribution < 1.29 is 4.79 Å². The number of carbonyl (C=O) groups is 1. The van der Waals surface area contributed by atoms with Gasteiger partial charge in [0.25, 0.3) is 0 Å². The molecule has 0 N–H and O–H groups in total. The second kappa shape index (κ2) is 3.02. The van der Waals surface area contributed by atoms with Gasteiger partial charge in [-0.25, -0.2) is 0 Å². The Bertz CT molecular complexity index is 584. The van der Waals surface area contributed by atoms with E-state index in [1.165, 1.54) is 6.08 Å². The molecule has 1 aromatic heterocycles. The minimum Gasteiger partial charge on any atom is -0.294 e. The van der Waals surface area contributed by atoms with E-state index >= 15 is 0 Å². The average Bonchev–Trinajstić information content (AvgIpc) is 2.29. The van der Waals surface area contributed by atoms with E-state index in [1.807, 2.05) is 30.5 Å². The third-order valence-corrected chi connectivity index (χ3v) is 2.47. The third kappa shape index (κ3) is 1.26. The van der Waals surface area contributed by atoms with E-state index in [0.717, 1.165) is 22.0 Å². The highest BCUT2D eigenvalue weighted by molar-refractivity contribution is 6.08. The Morgan fingerprint density at radius 1 is 1.13 bits per heavy atom. The lowest BCUT2D eigenvalue weighted by Crippen LogP contribution is -2.04. The minimum atomic E-state index is -0.0966. The number of rotatable bonds is 0. The van der Waals surface area contributed by atoms with E-state index in [0.29, 0.717) is 0 Å². The molecule has 1 heterocycles. The Kier molecular flexibility index (Phi) is 1.68. The molecule has 0 fully saturated rings. The van der Waals surface area contributed by atoms with Gasteiger partial charge in [-0.15, -0.1) is 0 Å². The van der Waals surface area contributed by atoms with Crippen LogP contribution >= 0.6 is 0 Å². The first-order valence-electron chi connectivity index (χ1n) is 4.71. The average molecular weight is 193 g/mol. The summed E-state index contributed by atoms with van der Waals surface area (Å²) in [5.74, 6) is -0.0966. The van der Waals surface area contributed by atoms with Gasteiger partial charge in [0.05, 0.1) is 12.1 Å². The van der Waals surface area contributed by atoms with Crippen molar-refractivity contribution in [2.45, 2.75) is 0 Å². The summed E-state index contributed by atoms with van der Waals surface area (Å²) in [5, 5.41) is 2.06. The summed E-state index contributed by atoms with van der Waals surface area (Å²) in [6.45, 7) is 0. The Hall–Kier alpha value is -1.96. The van der Waals surface area contributed by atoms with Gasteiger partial charge in [-0.05, 0) is 17.5 Å². The summed E-state index contributed by atoms with van der Waals surface area (Å²) >= 11 is 0. The zero-order valence-corrected chi connectivity index (χ0v) is 7.90. The molecule has 15 heavy (non-hydrogen) atoms. The predicted molar refractivity (Wildman–Crippen MR) is 58.1 cm³/mol. The van der Waals surface area contributed by atoms with Gasteiger partial charge in [0, 0.05) is 17.1 Å². The molecule has 0 unspecified atom stereocenters. The highest BCUT2D eigenvalue weighted by Crippen LogP contribution is 2.25. The molecule has 0 amide bonds. The Morgan fingerprint density at radius 2 is 2.00 bits per heavy atom. The summed E-state index contributed by atoms with van der Waals surface area (Å²) in [7, 11) is 0. The molecule has 0 bridgehead atoms. The maximum Gasteiger partial charge on any atom is 0.169 e. The minimum absolute atomic E-state index is 0.0966. The van der Waals surface area contributed by atoms with Gasteiger partial charge in [0.1, 0.15) is 0 Å². The van der Waals surface area contributed by atoms with E-state index in [2.05, 4.69) is 11.4 Å². The molecule has 2 radical (unpaired) electrons. The second-order valence-corrected chi connectivity index (χ2v) is 3.43. The van der Waals surface area contributed by atoms with Crippen LogP contribution in [0, 0.1) is 6.42 Å². The number of ketones is 1. The van der Waals surface area contributed by atoms with Crippen LogP contribution in [-0.2, 0) is 4.79 Å². The van der Waals surface area contributed by atoms with Crippen molar-refractivity contribution in [2.24, 2.45) is 0 Å². The van der Waals surface area contributed by atoms with Gasteiger partial charge in [0.15, 0.2) is 5.78 Å². The maximum absolute atomic E-state index is 11.2. The molecule has 1 aromatic carbocycles. The number of hydrogen-bond acceptors (Lipinski definition) is 2. The molecular formula is C13H7NO. The smallest absolute Gasteiger partial charge is 0.169 e. The summed E-state index contributed by atoms with van der Waals surface area (Å²) in [5.41, 5.74) is 1.62. The van der Waals surface area contributed by atoms with Gasteiger partial charge >= 0.3 is 0 Å². The van der Waals surface area contributed by atoms with Crippen LogP contribution in [0.4, 0.5) is 0 Å². The summed E-state index contributed by atoms with van der Waals surface area (Å²) in [6.07, 6.45) is 7.86. The highest BCUT2D eigenvalue weighted by Gasteiger charge is 2.15. The number of carbonyl (C=O) groups excluding carboxylic acids is 1. The molecule has 2 aromatic rings. The fourth-order valence-electron chi connectivity index (χ4n) is 1.76. The molecule has 0 atom stereocenters. The number of allylic oxidation sites excluding steroid dienone is 1. The first kappa shape index (κ1) is 8.36. The molecule has 1 aliphatic rings. The molecule has 0 spiro atoms. The quantitative estimate of drug-likeness (QED) is 0.642. The molecule has 0 saturated carbocycles. The Balaban J connectivity index is 2.38. The number of nitrogens with zero attached hydrogens (tertiary/aromatic N) is 1. The van der Waals surface area contributed by atoms with Gasteiger partial charge in [0.2, 0.25) is 0 Å². The molecule has 0 saturated heterocycles. The second-order valence-electron chi connectivity index (χ2n) is 3.43. The topological polar surface area (TPSA) is 30.0 Å². The van der Waals surface area contributed by atoms with Crippen LogP contribution in [-0.4, -0.2) is 10.8 Å². The van der Waals surface area contributed by atoms with Gasteiger partial charge < -0.3 is 0 Å². The molecule has 2 nitrogen and oxygen atoms in total. The lowest BCUT2D eigenvalue weighted by Gasteiger charge is -2.10. The molecule has 1 aliphatic carbocycles. The van der Waals surface area contributed by atoms with E-state index < -0.39 is 0 Å². The van der Waals surface area contributed by atoms with E-state index in [-0.39, 0.29) is 5.78 Å². The van der Waals surface area contributed by atoms with Gasteiger partial charge in [-0.3, -0.25) is 9.78 Å². The lowest BCUT2D eigenvalue weighted by molar-refractivity contribution is -0.111. The van der Waals surface area contributed by atoms with Crippen molar-refractivity contribution in [3.63, 3.8) is 0 Å². The summed E-state index contributed by atoms with van der Waals surface area (Å²) in [6, 6.07) is 7.87. The Morgan fingerprint density at radius 3 is 2.93 bits per heavy atom. The molecule has 0 aliphatic heterocycles. The van der Waals surface area contributed by atoms with Crippen molar-refractivity contribution in [3.8, 4) is 0 Å². The zero-order chi connectivity index (χ0) is 10.3. The number of pyridine rings is 1. The zero-order valence-electron chi connectivity index (χ0n) is 7.90. The standard InChI is InChI=1S/C13H7NO/c15-10-5-6-13-12(7-10)11-4-2-1-3-9(11)8-14-13/h1-6,8H. The van der Waals surface area contributed by atoms with Crippen LogP contribution in [0.2, 0.25) is 0 Å². The molecular weight excluding hydrogens is 186 g/mol. The number of fused-ring (bicyclic) bond motifs is 3. The predicted octanol–water partition coefficient (Wildman–Crippen LogP) is 2.26.